The summed E-state index contributed by atoms with van der Waals surface area (Å²) in [6.45, 7) is 3.18. The predicted molar refractivity (Wildman–Crippen MR) is 70.4 cm³/mol. The summed E-state index contributed by atoms with van der Waals surface area (Å²) in [6.07, 6.45) is -0.0626. The van der Waals surface area contributed by atoms with Crippen molar-refractivity contribution in [1.29, 1.82) is 0 Å². The second-order valence-electron chi connectivity index (χ2n) is 4.17. The molecule has 5 heteroatoms. The molecule has 1 aromatic rings. The van der Waals surface area contributed by atoms with Gasteiger partial charge in [-0.15, -0.1) is 11.3 Å². The van der Waals surface area contributed by atoms with E-state index in [1.165, 1.54) is 4.88 Å². The Hall–Kier alpha value is -0.900. The maximum absolute atomic E-state index is 9.09. The molecule has 4 nitrogen and oxygen atoms in total. The molecule has 1 aromatic heterocycles. The van der Waals surface area contributed by atoms with Crippen molar-refractivity contribution in [2.75, 3.05) is 32.9 Å². The van der Waals surface area contributed by atoms with Gasteiger partial charge in [0.2, 0.25) is 0 Å². The molecule has 0 radical (unpaired) electrons. The van der Waals surface area contributed by atoms with Gasteiger partial charge in [0.1, 0.15) is 6.61 Å². The Morgan fingerprint density at radius 2 is 2.39 bits per heavy atom. The highest BCUT2D eigenvalue weighted by Gasteiger charge is 2.19. The van der Waals surface area contributed by atoms with E-state index >= 15 is 0 Å². The van der Waals surface area contributed by atoms with E-state index in [-0.39, 0.29) is 19.3 Å². The highest BCUT2D eigenvalue weighted by atomic mass is 32.1. The number of ether oxygens (including phenoxy) is 1. The Morgan fingerprint density at radius 1 is 1.50 bits per heavy atom. The SMILES string of the molecule is OCC#Cc1csc(CN2CCOC(CO)C2)c1. The van der Waals surface area contributed by atoms with Gasteiger partial charge < -0.3 is 14.9 Å². The monoisotopic (exact) mass is 267 g/mol. The van der Waals surface area contributed by atoms with Crippen molar-refractivity contribution in [2.45, 2.75) is 12.6 Å². The van der Waals surface area contributed by atoms with Gasteiger partial charge in [-0.3, -0.25) is 4.90 Å². The van der Waals surface area contributed by atoms with Gasteiger partial charge in [-0.25, -0.2) is 0 Å². The first kappa shape index (κ1) is 13.5. The number of aliphatic hydroxyl groups excluding tert-OH is 2. The highest BCUT2D eigenvalue weighted by Crippen LogP contribution is 2.17. The van der Waals surface area contributed by atoms with E-state index in [0.717, 1.165) is 25.2 Å². The first-order chi connectivity index (χ1) is 8.81. The summed E-state index contributed by atoms with van der Waals surface area (Å²) in [6, 6.07) is 2.05. The number of aliphatic hydroxyl groups is 2. The van der Waals surface area contributed by atoms with Crippen LogP contribution in [0.3, 0.4) is 0 Å². The fraction of sp³-hybridized carbons (Fsp3) is 0.538. The maximum atomic E-state index is 9.09. The predicted octanol–water partition coefficient (Wildman–Crippen LogP) is 0.285. The van der Waals surface area contributed by atoms with Crippen LogP contribution >= 0.6 is 11.3 Å². The van der Waals surface area contributed by atoms with Crippen molar-refractivity contribution in [3.63, 3.8) is 0 Å². The van der Waals surface area contributed by atoms with E-state index in [2.05, 4.69) is 22.8 Å². The summed E-state index contributed by atoms with van der Waals surface area (Å²) in [4.78, 5) is 3.52. The lowest BCUT2D eigenvalue weighted by Gasteiger charge is -2.31. The summed E-state index contributed by atoms with van der Waals surface area (Å²) in [5.41, 5.74) is 0.955. The van der Waals surface area contributed by atoms with Gasteiger partial charge in [-0.05, 0) is 6.07 Å². The largest absolute Gasteiger partial charge is 0.394 e. The normalized spacial score (nSPS) is 20.4. The lowest BCUT2D eigenvalue weighted by atomic mass is 10.2. The van der Waals surface area contributed by atoms with E-state index in [1.807, 2.05) is 5.38 Å². The van der Waals surface area contributed by atoms with Crippen LogP contribution in [-0.2, 0) is 11.3 Å². The van der Waals surface area contributed by atoms with Gasteiger partial charge in [0, 0.05) is 35.5 Å². The van der Waals surface area contributed by atoms with Gasteiger partial charge in [0.05, 0.1) is 19.3 Å². The van der Waals surface area contributed by atoms with E-state index in [1.54, 1.807) is 11.3 Å². The molecule has 2 rings (SSSR count). The van der Waals surface area contributed by atoms with E-state index in [0.29, 0.717) is 6.61 Å². The third-order valence-electron chi connectivity index (χ3n) is 2.77. The molecule has 0 aromatic carbocycles. The van der Waals surface area contributed by atoms with Crippen molar-refractivity contribution >= 4 is 11.3 Å². The molecule has 0 bridgehead atoms. The third-order valence-corrected chi connectivity index (χ3v) is 3.69. The summed E-state index contributed by atoms with van der Waals surface area (Å²) in [5.74, 6) is 5.54. The van der Waals surface area contributed by atoms with Crippen molar-refractivity contribution in [3.05, 3.63) is 21.9 Å². The highest BCUT2D eigenvalue weighted by molar-refractivity contribution is 7.10. The minimum atomic E-state index is -0.104. The fourth-order valence-electron chi connectivity index (χ4n) is 1.93. The zero-order valence-electron chi connectivity index (χ0n) is 10.1. The van der Waals surface area contributed by atoms with E-state index < -0.39 is 0 Å². The molecule has 0 aliphatic carbocycles. The molecule has 98 valence electrons. The quantitative estimate of drug-likeness (QED) is 0.773. The zero-order valence-corrected chi connectivity index (χ0v) is 10.9. The first-order valence-electron chi connectivity index (χ1n) is 5.93. The van der Waals surface area contributed by atoms with Crippen LogP contribution < -0.4 is 0 Å². The second kappa shape index (κ2) is 6.88. The van der Waals surface area contributed by atoms with Gasteiger partial charge in [0.25, 0.3) is 0 Å². The van der Waals surface area contributed by atoms with Gasteiger partial charge >= 0.3 is 0 Å². The Morgan fingerprint density at radius 3 is 3.17 bits per heavy atom. The number of rotatable bonds is 3. The van der Waals surface area contributed by atoms with Gasteiger partial charge in [-0.2, -0.15) is 0 Å². The smallest absolute Gasteiger partial charge is 0.104 e. The van der Waals surface area contributed by atoms with Crippen LogP contribution in [0.2, 0.25) is 0 Å². The average Bonchev–Trinajstić information content (AvgIpc) is 2.84. The molecular formula is C13H17NO3S. The molecule has 0 spiro atoms. The number of nitrogens with zero attached hydrogens (tertiary/aromatic N) is 1. The molecule has 1 aliphatic rings. The molecule has 18 heavy (non-hydrogen) atoms. The summed E-state index contributed by atoms with van der Waals surface area (Å²) in [7, 11) is 0. The average molecular weight is 267 g/mol. The van der Waals surface area contributed by atoms with Crippen LogP contribution in [-0.4, -0.2) is 54.1 Å². The number of morpholine rings is 1. The second-order valence-corrected chi connectivity index (χ2v) is 5.17. The van der Waals surface area contributed by atoms with E-state index in [4.69, 9.17) is 14.9 Å². The van der Waals surface area contributed by atoms with Crippen molar-refractivity contribution in [2.24, 2.45) is 0 Å². The Bertz CT molecular complexity index is 435. The summed E-state index contributed by atoms with van der Waals surface area (Å²) >= 11 is 1.67. The van der Waals surface area contributed by atoms with Gasteiger partial charge in [0.15, 0.2) is 0 Å². The van der Waals surface area contributed by atoms with Crippen molar-refractivity contribution in [3.8, 4) is 11.8 Å². The lowest BCUT2D eigenvalue weighted by molar-refractivity contribution is -0.0548. The summed E-state index contributed by atoms with van der Waals surface area (Å²) < 4.78 is 5.41. The van der Waals surface area contributed by atoms with Crippen LogP contribution in [0.25, 0.3) is 0 Å². The first-order valence-corrected chi connectivity index (χ1v) is 6.81. The Kier molecular flexibility index (Phi) is 5.17. The fourth-order valence-corrected chi connectivity index (χ4v) is 2.78. The van der Waals surface area contributed by atoms with Crippen LogP contribution in [0.1, 0.15) is 10.4 Å². The van der Waals surface area contributed by atoms with Crippen LogP contribution in [0.4, 0.5) is 0 Å². The number of hydrogen-bond donors (Lipinski definition) is 2. The third kappa shape index (κ3) is 3.80. The van der Waals surface area contributed by atoms with Crippen LogP contribution in [0.5, 0.6) is 0 Å². The molecule has 1 saturated heterocycles. The molecule has 1 aliphatic heterocycles. The van der Waals surface area contributed by atoms with Crippen LogP contribution in [0, 0.1) is 11.8 Å². The molecule has 1 atom stereocenters. The molecule has 0 amide bonds. The Labute approximate surface area is 111 Å². The minimum absolute atomic E-state index is 0.0626. The zero-order chi connectivity index (χ0) is 12.8. The Balaban J connectivity index is 1.90. The van der Waals surface area contributed by atoms with Crippen molar-refractivity contribution < 1.29 is 14.9 Å². The van der Waals surface area contributed by atoms with E-state index in [9.17, 15) is 0 Å². The topological polar surface area (TPSA) is 52.9 Å². The number of hydrogen-bond acceptors (Lipinski definition) is 5. The molecule has 2 heterocycles. The van der Waals surface area contributed by atoms with Crippen molar-refractivity contribution in [1.82, 2.24) is 4.90 Å². The molecule has 1 unspecified atom stereocenters. The number of thiophene rings is 1. The molecule has 1 fully saturated rings. The minimum Gasteiger partial charge on any atom is -0.394 e. The maximum Gasteiger partial charge on any atom is 0.104 e. The standard InChI is InChI=1S/C13H17NO3S/c15-4-1-2-11-6-13(18-10-11)8-14-3-5-17-12(7-14)9-16/h6,10,12,15-16H,3-5,7-9H2. The summed E-state index contributed by atoms with van der Waals surface area (Å²) in [5, 5.41) is 19.7. The molecule has 0 saturated carbocycles. The molecular weight excluding hydrogens is 250 g/mol. The van der Waals surface area contributed by atoms with Crippen LogP contribution in [0.15, 0.2) is 11.4 Å². The van der Waals surface area contributed by atoms with Gasteiger partial charge in [-0.1, -0.05) is 11.8 Å². The lowest BCUT2D eigenvalue weighted by Crippen LogP contribution is -2.43. The molecule has 2 N–H and O–H groups in total.